The average molecular weight is 436 g/mol. The lowest BCUT2D eigenvalue weighted by atomic mass is 9.68. The standard InChI is InChI=1S/C26H33N3O3/c30-25-22-9-1-2-10-23(22)27-24(26(31)32)29(25)21-14-18-7-4-8-19(15-21)28(18)20-12-16-5-3-6-17(11-16)13-20/h1-2,9-10,16-21H,3-8,11-15H2,(H,31,32)/t16-,17+,18-,19+,20+,21?. The molecule has 0 radical (unpaired) electrons. The maximum absolute atomic E-state index is 13.4. The van der Waals surface area contributed by atoms with Gasteiger partial charge in [-0.15, -0.1) is 0 Å². The highest BCUT2D eigenvalue weighted by Gasteiger charge is 2.45. The van der Waals surface area contributed by atoms with Crippen molar-refractivity contribution in [1.29, 1.82) is 0 Å². The minimum Gasteiger partial charge on any atom is -0.475 e. The Morgan fingerprint density at radius 3 is 2.19 bits per heavy atom. The molecule has 0 amide bonds. The molecule has 2 aliphatic heterocycles. The molecule has 1 aromatic heterocycles. The van der Waals surface area contributed by atoms with Crippen LogP contribution in [0.3, 0.4) is 0 Å². The number of carboxylic acid groups (broad SMARTS) is 1. The molecule has 6 rings (SSSR count). The minimum absolute atomic E-state index is 0.0830. The van der Waals surface area contributed by atoms with E-state index in [0.29, 0.717) is 29.0 Å². The molecule has 6 atom stereocenters. The smallest absolute Gasteiger partial charge is 0.372 e. The number of aromatic carboxylic acids is 1. The van der Waals surface area contributed by atoms with Gasteiger partial charge in [-0.2, -0.15) is 0 Å². The van der Waals surface area contributed by atoms with Crippen molar-refractivity contribution in [2.45, 2.75) is 94.8 Å². The van der Waals surface area contributed by atoms with E-state index in [-0.39, 0.29) is 17.4 Å². The Bertz CT molecular complexity index is 1070. The quantitative estimate of drug-likeness (QED) is 0.761. The summed E-state index contributed by atoms with van der Waals surface area (Å²) in [4.78, 5) is 32.8. The zero-order valence-electron chi connectivity index (χ0n) is 18.7. The van der Waals surface area contributed by atoms with Crippen molar-refractivity contribution in [2.24, 2.45) is 11.8 Å². The number of hydrogen-bond acceptors (Lipinski definition) is 4. The molecule has 0 spiro atoms. The van der Waals surface area contributed by atoms with E-state index in [1.807, 2.05) is 6.07 Å². The van der Waals surface area contributed by atoms with Crippen LogP contribution in [0, 0.1) is 11.8 Å². The summed E-state index contributed by atoms with van der Waals surface area (Å²) in [5.41, 5.74) is 0.272. The minimum atomic E-state index is -1.11. The molecule has 1 unspecified atom stereocenters. The second-order valence-electron chi connectivity index (χ2n) is 10.8. The number of rotatable bonds is 3. The van der Waals surface area contributed by atoms with Gasteiger partial charge in [0.05, 0.1) is 10.9 Å². The van der Waals surface area contributed by atoms with Crippen LogP contribution in [0.4, 0.5) is 0 Å². The summed E-state index contributed by atoms with van der Waals surface area (Å²) < 4.78 is 1.53. The predicted octanol–water partition coefficient (Wildman–Crippen LogP) is 4.62. The van der Waals surface area contributed by atoms with Crippen molar-refractivity contribution in [1.82, 2.24) is 14.5 Å². The van der Waals surface area contributed by atoms with Gasteiger partial charge < -0.3 is 5.11 Å². The van der Waals surface area contributed by atoms with Gasteiger partial charge in [0.25, 0.3) is 5.56 Å². The first-order valence-electron chi connectivity index (χ1n) is 12.6. The summed E-state index contributed by atoms with van der Waals surface area (Å²) >= 11 is 0. The van der Waals surface area contributed by atoms with Crippen LogP contribution in [0.15, 0.2) is 29.1 Å². The van der Waals surface area contributed by atoms with Gasteiger partial charge >= 0.3 is 5.97 Å². The van der Waals surface area contributed by atoms with Crippen LogP contribution < -0.4 is 5.56 Å². The third kappa shape index (κ3) is 3.38. The lowest BCUT2D eigenvalue weighted by molar-refractivity contribution is -0.0494. The van der Waals surface area contributed by atoms with Crippen molar-refractivity contribution in [3.8, 4) is 0 Å². The largest absolute Gasteiger partial charge is 0.475 e. The van der Waals surface area contributed by atoms with E-state index < -0.39 is 5.97 Å². The van der Waals surface area contributed by atoms with Crippen LogP contribution in [0.1, 0.15) is 87.3 Å². The third-order valence-electron chi connectivity index (χ3n) is 8.89. The molecule has 2 aromatic rings. The molecular weight excluding hydrogens is 402 g/mol. The summed E-state index contributed by atoms with van der Waals surface area (Å²) in [6, 6.07) is 8.63. The van der Waals surface area contributed by atoms with E-state index in [4.69, 9.17) is 0 Å². The van der Waals surface area contributed by atoms with Gasteiger partial charge in [-0.3, -0.25) is 14.3 Å². The molecule has 4 aliphatic rings. The van der Waals surface area contributed by atoms with Crippen molar-refractivity contribution in [2.75, 3.05) is 0 Å². The second kappa shape index (κ2) is 7.98. The summed E-state index contributed by atoms with van der Waals surface area (Å²) in [7, 11) is 0. The molecule has 4 bridgehead atoms. The van der Waals surface area contributed by atoms with Crippen LogP contribution in [-0.4, -0.2) is 43.7 Å². The number of carbonyl (C=O) groups is 1. The van der Waals surface area contributed by atoms with Crippen molar-refractivity contribution >= 4 is 16.9 Å². The Kier molecular flexibility index (Phi) is 5.09. The van der Waals surface area contributed by atoms with Gasteiger partial charge in [-0.1, -0.05) is 37.8 Å². The van der Waals surface area contributed by atoms with Gasteiger partial charge in [0.1, 0.15) is 0 Å². The van der Waals surface area contributed by atoms with Crippen LogP contribution in [0.2, 0.25) is 0 Å². The lowest BCUT2D eigenvalue weighted by Crippen LogP contribution is -2.58. The van der Waals surface area contributed by atoms with E-state index in [0.717, 1.165) is 37.5 Å². The number of benzene rings is 1. The molecule has 32 heavy (non-hydrogen) atoms. The first-order valence-corrected chi connectivity index (χ1v) is 12.6. The van der Waals surface area contributed by atoms with E-state index >= 15 is 0 Å². The van der Waals surface area contributed by atoms with Crippen LogP contribution in [0.25, 0.3) is 10.9 Å². The molecule has 6 nitrogen and oxygen atoms in total. The number of nitrogens with zero attached hydrogens (tertiary/aromatic N) is 3. The summed E-state index contributed by atoms with van der Waals surface area (Å²) in [5.74, 6) is 0.590. The Morgan fingerprint density at radius 1 is 0.844 bits per heavy atom. The topological polar surface area (TPSA) is 75.4 Å². The molecule has 2 saturated carbocycles. The highest BCUT2D eigenvalue weighted by molar-refractivity contribution is 5.87. The molecule has 1 N–H and O–H groups in total. The van der Waals surface area contributed by atoms with E-state index in [9.17, 15) is 14.7 Å². The summed E-state index contributed by atoms with van der Waals surface area (Å²) in [5, 5.41) is 10.4. The number of para-hydroxylation sites is 1. The molecular formula is C26H33N3O3. The molecule has 1 aromatic carbocycles. The molecule has 2 saturated heterocycles. The molecule has 2 aliphatic carbocycles. The van der Waals surface area contributed by atoms with Crippen LogP contribution in [0.5, 0.6) is 0 Å². The fourth-order valence-electron chi connectivity index (χ4n) is 7.77. The van der Waals surface area contributed by atoms with Crippen LogP contribution in [-0.2, 0) is 0 Å². The first kappa shape index (κ1) is 20.4. The number of aromatic nitrogens is 2. The monoisotopic (exact) mass is 435 g/mol. The Labute approximate surface area is 188 Å². The van der Waals surface area contributed by atoms with Crippen molar-refractivity contribution in [3.63, 3.8) is 0 Å². The third-order valence-corrected chi connectivity index (χ3v) is 8.89. The number of piperidine rings is 2. The molecule has 170 valence electrons. The molecule has 6 heteroatoms. The van der Waals surface area contributed by atoms with E-state index in [2.05, 4.69) is 9.88 Å². The Hall–Kier alpha value is -2.21. The fraction of sp³-hybridized carbons (Fsp3) is 0.654. The zero-order chi connectivity index (χ0) is 21.8. The Balaban J connectivity index is 1.34. The van der Waals surface area contributed by atoms with Crippen molar-refractivity contribution in [3.05, 3.63) is 40.4 Å². The van der Waals surface area contributed by atoms with Gasteiger partial charge in [0.15, 0.2) is 0 Å². The van der Waals surface area contributed by atoms with E-state index in [1.54, 1.807) is 18.2 Å². The summed E-state index contributed by atoms with van der Waals surface area (Å²) in [6.07, 6.45) is 13.6. The number of hydrogen-bond donors (Lipinski definition) is 1. The van der Waals surface area contributed by atoms with Gasteiger partial charge in [0, 0.05) is 24.2 Å². The van der Waals surface area contributed by atoms with E-state index in [1.165, 1.54) is 49.5 Å². The Morgan fingerprint density at radius 2 is 1.50 bits per heavy atom. The fourth-order valence-corrected chi connectivity index (χ4v) is 7.77. The first-order chi connectivity index (χ1) is 15.6. The molecule has 4 fully saturated rings. The lowest BCUT2D eigenvalue weighted by Gasteiger charge is -2.55. The predicted molar refractivity (Wildman–Crippen MR) is 123 cm³/mol. The highest BCUT2D eigenvalue weighted by Crippen LogP contribution is 2.47. The highest BCUT2D eigenvalue weighted by atomic mass is 16.4. The van der Waals surface area contributed by atoms with Crippen LogP contribution >= 0.6 is 0 Å². The number of carboxylic acids is 1. The summed E-state index contributed by atoms with van der Waals surface area (Å²) in [6.45, 7) is 0. The SMILES string of the molecule is O=C(O)c1nc2ccccc2c(=O)n1C1C[C@H]2CCC[C@@H](C1)N2[C@H]1C[C@@H]2CCC[C@@H](C2)C1. The normalized spacial score (nSPS) is 35.0. The number of fused-ring (bicyclic) bond motifs is 5. The van der Waals surface area contributed by atoms with Gasteiger partial charge in [-0.05, 0) is 68.9 Å². The zero-order valence-corrected chi connectivity index (χ0v) is 18.7. The van der Waals surface area contributed by atoms with Gasteiger partial charge in [-0.25, -0.2) is 9.78 Å². The maximum atomic E-state index is 13.4. The van der Waals surface area contributed by atoms with Gasteiger partial charge in [0.2, 0.25) is 5.82 Å². The molecule has 3 heterocycles. The van der Waals surface area contributed by atoms with Crippen molar-refractivity contribution < 1.29 is 9.90 Å². The second-order valence-corrected chi connectivity index (χ2v) is 10.8. The maximum Gasteiger partial charge on any atom is 0.372 e. The average Bonchev–Trinajstić information content (AvgIpc) is 2.78.